The summed E-state index contributed by atoms with van der Waals surface area (Å²) in [5.74, 6) is 0.480. The molecular weight excluding hydrogens is 264 g/mol. The van der Waals surface area contributed by atoms with E-state index in [1.807, 2.05) is 0 Å². The molecule has 0 spiro atoms. The maximum atomic E-state index is 2.47. The summed E-state index contributed by atoms with van der Waals surface area (Å²) in [4.78, 5) is 0. The van der Waals surface area contributed by atoms with Crippen molar-refractivity contribution in [1.29, 1.82) is 0 Å². The molecule has 0 N–H and O–H groups in total. The average Bonchev–Trinajstić information content (AvgIpc) is 2.58. The highest BCUT2D eigenvalue weighted by Gasteiger charge is 2.13. The van der Waals surface area contributed by atoms with Crippen molar-refractivity contribution in [2.75, 3.05) is 0 Å². The van der Waals surface area contributed by atoms with Gasteiger partial charge in [0.2, 0.25) is 0 Å². The second kappa shape index (κ2) is 8.78. The molecule has 0 aliphatic heterocycles. The molecule has 0 heteroatoms. The molecule has 1 atom stereocenters. The van der Waals surface area contributed by atoms with E-state index in [1.54, 1.807) is 5.56 Å². The Hall–Kier alpha value is -1.56. The van der Waals surface area contributed by atoms with Crippen LogP contribution < -0.4 is 0 Å². The standard InChI is InChI=1S/C22H30/c1-4-6-11-19-15-16-22(21(17-19)12-7-5-2)18(3)20-13-9-8-10-14-20/h8-10,13-18H,4-7,11-12H2,1-3H3. The molecule has 0 saturated heterocycles. The molecule has 22 heavy (non-hydrogen) atoms. The Labute approximate surface area is 136 Å². The molecule has 2 aromatic rings. The van der Waals surface area contributed by atoms with Gasteiger partial charge >= 0.3 is 0 Å². The summed E-state index contributed by atoms with van der Waals surface area (Å²) in [7, 11) is 0. The zero-order valence-electron chi connectivity index (χ0n) is 14.4. The highest BCUT2D eigenvalue weighted by Crippen LogP contribution is 2.29. The Morgan fingerprint density at radius 1 is 0.818 bits per heavy atom. The molecule has 118 valence electrons. The number of hydrogen-bond donors (Lipinski definition) is 0. The first kappa shape index (κ1) is 16.8. The lowest BCUT2D eigenvalue weighted by Gasteiger charge is -2.18. The van der Waals surface area contributed by atoms with Gasteiger partial charge in [-0.25, -0.2) is 0 Å². The van der Waals surface area contributed by atoms with Crippen molar-refractivity contribution in [1.82, 2.24) is 0 Å². The molecule has 0 radical (unpaired) electrons. The van der Waals surface area contributed by atoms with Crippen molar-refractivity contribution in [2.45, 2.75) is 65.2 Å². The van der Waals surface area contributed by atoms with E-state index in [0.29, 0.717) is 5.92 Å². The van der Waals surface area contributed by atoms with Crippen molar-refractivity contribution in [3.05, 3.63) is 70.8 Å². The number of benzene rings is 2. The van der Waals surface area contributed by atoms with E-state index < -0.39 is 0 Å². The third-order valence-corrected chi connectivity index (χ3v) is 4.59. The molecule has 2 rings (SSSR count). The third-order valence-electron chi connectivity index (χ3n) is 4.59. The van der Waals surface area contributed by atoms with Crippen molar-refractivity contribution >= 4 is 0 Å². The summed E-state index contributed by atoms with van der Waals surface area (Å²) >= 11 is 0. The van der Waals surface area contributed by atoms with Crippen LogP contribution in [0.1, 0.15) is 74.6 Å². The third kappa shape index (κ3) is 4.47. The fourth-order valence-corrected chi connectivity index (χ4v) is 3.12. The van der Waals surface area contributed by atoms with Crippen LogP contribution in [0.25, 0.3) is 0 Å². The molecule has 0 amide bonds. The predicted molar refractivity (Wildman–Crippen MR) is 97.6 cm³/mol. The normalized spacial score (nSPS) is 12.3. The van der Waals surface area contributed by atoms with Gasteiger partial charge in [0.25, 0.3) is 0 Å². The van der Waals surface area contributed by atoms with Crippen LogP contribution in [-0.4, -0.2) is 0 Å². The highest BCUT2D eigenvalue weighted by atomic mass is 14.2. The topological polar surface area (TPSA) is 0 Å². The van der Waals surface area contributed by atoms with Gasteiger partial charge in [-0.1, -0.05) is 82.1 Å². The Morgan fingerprint density at radius 2 is 1.50 bits per heavy atom. The maximum Gasteiger partial charge on any atom is 0.00637 e. The van der Waals surface area contributed by atoms with Crippen LogP contribution in [0.2, 0.25) is 0 Å². The molecule has 0 aromatic heterocycles. The van der Waals surface area contributed by atoms with E-state index in [2.05, 4.69) is 69.3 Å². The number of rotatable bonds is 8. The fraction of sp³-hybridized carbons (Fsp3) is 0.455. The number of aryl methyl sites for hydroxylation is 2. The van der Waals surface area contributed by atoms with Gasteiger partial charge in [0.05, 0.1) is 0 Å². The van der Waals surface area contributed by atoms with Crippen LogP contribution in [0.15, 0.2) is 48.5 Å². The number of hydrogen-bond acceptors (Lipinski definition) is 0. The number of unbranched alkanes of at least 4 members (excludes halogenated alkanes) is 2. The first-order valence-electron chi connectivity index (χ1n) is 8.92. The SMILES string of the molecule is CCCCc1ccc(C(C)c2ccccc2)c(CCCC)c1. The van der Waals surface area contributed by atoms with Crippen LogP contribution in [0.4, 0.5) is 0 Å². The lowest BCUT2D eigenvalue weighted by Crippen LogP contribution is -2.03. The molecule has 0 aliphatic rings. The van der Waals surface area contributed by atoms with Crippen LogP contribution in [0.5, 0.6) is 0 Å². The quantitative estimate of drug-likeness (QED) is 0.519. The largest absolute Gasteiger partial charge is 0.0654 e. The van der Waals surface area contributed by atoms with E-state index >= 15 is 0 Å². The smallest absolute Gasteiger partial charge is 0.00637 e. The molecular formula is C22H30. The molecule has 0 fully saturated rings. The molecule has 2 aromatic carbocycles. The second-order valence-electron chi connectivity index (χ2n) is 6.37. The zero-order valence-corrected chi connectivity index (χ0v) is 14.4. The minimum Gasteiger partial charge on any atom is -0.0654 e. The lowest BCUT2D eigenvalue weighted by molar-refractivity contribution is 0.765. The van der Waals surface area contributed by atoms with Gasteiger partial charge in [-0.3, -0.25) is 0 Å². The summed E-state index contributed by atoms with van der Waals surface area (Å²) in [6.45, 7) is 6.89. The average molecular weight is 294 g/mol. The Kier molecular flexibility index (Phi) is 6.71. The van der Waals surface area contributed by atoms with Gasteiger partial charge < -0.3 is 0 Å². The lowest BCUT2D eigenvalue weighted by atomic mass is 9.86. The second-order valence-corrected chi connectivity index (χ2v) is 6.37. The summed E-state index contributed by atoms with van der Waals surface area (Å²) in [5.41, 5.74) is 6.00. The van der Waals surface area contributed by atoms with Crippen LogP contribution in [0, 0.1) is 0 Å². The van der Waals surface area contributed by atoms with Gasteiger partial charge in [-0.05, 0) is 47.9 Å². The Balaban J connectivity index is 2.28. The first-order chi connectivity index (χ1) is 10.8. The summed E-state index contributed by atoms with van der Waals surface area (Å²) < 4.78 is 0. The first-order valence-corrected chi connectivity index (χ1v) is 8.92. The minimum absolute atomic E-state index is 0.480. The minimum atomic E-state index is 0.480. The summed E-state index contributed by atoms with van der Waals surface area (Å²) in [5, 5.41) is 0. The Bertz CT molecular complexity index is 554. The van der Waals surface area contributed by atoms with Crippen LogP contribution in [0.3, 0.4) is 0 Å². The van der Waals surface area contributed by atoms with Gasteiger partial charge in [0.15, 0.2) is 0 Å². The van der Waals surface area contributed by atoms with E-state index in [9.17, 15) is 0 Å². The van der Waals surface area contributed by atoms with E-state index in [0.717, 1.165) is 0 Å². The highest BCUT2D eigenvalue weighted by molar-refractivity contribution is 5.40. The summed E-state index contributed by atoms with van der Waals surface area (Å²) in [6.07, 6.45) is 7.54. The molecule has 0 heterocycles. The van der Waals surface area contributed by atoms with Crippen molar-refractivity contribution in [2.24, 2.45) is 0 Å². The fourth-order valence-electron chi connectivity index (χ4n) is 3.12. The monoisotopic (exact) mass is 294 g/mol. The van der Waals surface area contributed by atoms with Gasteiger partial charge in [-0.15, -0.1) is 0 Å². The summed E-state index contributed by atoms with van der Waals surface area (Å²) in [6, 6.07) is 18.1. The molecule has 0 bridgehead atoms. The Morgan fingerprint density at radius 3 is 2.18 bits per heavy atom. The van der Waals surface area contributed by atoms with Gasteiger partial charge in [0, 0.05) is 5.92 Å². The van der Waals surface area contributed by atoms with E-state index in [4.69, 9.17) is 0 Å². The van der Waals surface area contributed by atoms with Crippen molar-refractivity contribution < 1.29 is 0 Å². The van der Waals surface area contributed by atoms with E-state index in [1.165, 1.54) is 55.2 Å². The van der Waals surface area contributed by atoms with E-state index in [-0.39, 0.29) is 0 Å². The molecule has 1 unspecified atom stereocenters. The molecule has 0 nitrogen and oxygen atoms in total. The zero-order chi connectivity index (χ0) is 15.8. The predicted octanol–water partition coefficient (Wildman–Crippen LogP) is 6.52. The van der Waals surface area contributed by atoms with Crippen molar-refractivity contribution in [3.8, 4) is 0 Å². The van der Waals surface area contributed by atoms with Crippen LogP contribution in [-0.2, 0) is 12.8 Å². The van der Waals surface area contributed by atoms with Crippen molar-refractivity contribution in [3.63, 3.8) is 0 Å². The molecule has 0 aliphatic carbocycles. The van der Waals surface area contributed by atoms with Gasteiger partial charge in [0.1, 0.15) is 0 Å². The van der Waals surface area contributed by atoms with Gasteiger partial charge in [-0.2, -0.15) is 0 Å². The molecule has 0 saturated carbocycles. The maximum absolute atomic E-state index is 2.47. The van der Waals surface area contributed by atoms with Crippen LogP contribution >= 0.6 is 0 Å².